The van der Waals surface area contributed by atoms with Crippen LogP contribution in [-0.2, 0) is 32.7 Å². The average molecular weight is 854 g/mol. The summed E-state index contributed by atoms with van der Waals surface area (Å²) < 4.78 is 32.8. The van der Waals surface area contributed by atoms with Crippen LogP contribution in [0, 0.1) is 0 Å². The van der Waals surface area contributed by atoms with Gasteiger partial charge in [0.2, 0.25) is 0 Å². The molecule has 0 amide bonds. The summed E-state index contributed by atoms with van der Waals surface area (Å²) in [5, 5.41) is 0. The number of allylic oxidation sites excluding steroid dienone is 6. The first-order valence-corrected chi connectivity index (χ1v) is 26.0. The van der Waals surface area contributed by atoms with E-state index in [1.54, 1.807) is 0 Å². The van der Waals surface area contributed by atoms with Crippen LogP contribution in [0.15, 0.2) is 36.5 Å². The third-order valence-corrected chi connectivity index (χ3v) is 11.5. The van der Waals surface area contributed by atoms with E-state index in [0.717, 1.165) is 70.6 Å². The Balaban J connectivity index is 3.95. The van der Waals surface area contributed by atoms with Crippen molar-refractivity contribution < 1.29 is 37.6 Å². The SMILES string of the molecule is CCCC/C=C\CCCCCCCC(=O)OCC(COP(=O)(O)OCCN)OC(=O)CCCCCCCCCCCCCCCCC/C=C\C/C=C\CCCCCCC. The van der Waals surface area contributed by atoms with Crippen LogP contribution in [-0.4, -0.2) is 49.3 Å². The number of carbonyl (C=O) groups is 2. The van der Waals surface area contributed by atoms with E-state index in [2.05, 4.69) is 50.3 Å². The molecular formula is C49H92NO8P. The Kier molecular flexibility index (Phi) is 44.4. The van der Waals surface area contributed by atoms with Crippen LogP contribution in [0.5, 0.6) is 0 Å². The second-order valence-corrected chi connectivity index (χ2v) is 17.8. The van der Waals surface area contributed by atoms with Gasteiger partial charge < -0.3 is 20.1 Å². The zero-order chi connectivity index (χ0) is 43.2. The lowest BCUT2D eigenvalue weighted by molar-refractivity contribution is -0.161. The highest BCUT2D eigenvalue weighted by molar-refractivity contribution is 7.47. The van der Waals surface area contributed by atoms with E-state index >= 15 is 0 Å². The first kappa shape index (κ1) is 57.2. The Morgan fingerprint density at radius 2 is 0.898 bits per heavy atom. The summed E-state index contributed by atoms with van der Waals surface area (Å²) in [6.07, 6.45) is 52.0. The fraction of sp³-hybridized carbons (Fsp3) is 0.837. The number of esters is 2. The van der Waals surface area contributed by atoms with Gasteiger partial charge in [-0.15, -0.1) is 0 Å². The maximum Gasteiger partial charge on any atom is 0.472 e. The fourth-order valence-corrected chi connectivity index (χ4v) is 7.59. The zero-order valence-electron chi connectivity index (χ0n) is 38.2. The van der Waals surface area contributed by atoms with E-state index in [9.17, 15) is 19.0 Å². The highest BCUT2D eigenvalue weighted by Gasteiger charge is 2.26. The van der Waals surface area contributed by atoms with Crippen molar-refractivity contribution in [1.29, 1.82) is 0 Å². The standard InChI is InChI=1S/C49H92NO8P/c1-3-5-7-9-11-13-15-16-17-18-19-20-21-22-23-24-25-26-27-28-29-30-32-34-36-38-40-42-49(52)58-47(46-57-59(53,54)56-44-43-50)45-55-48(51)41-39-37-35-33-31-14-12-10-8-6-4-2/h10,12,15-16,18-19,47H,3-9,11,13-14,17,20-46,50H2,1-2H3,(H,53,54)/b12-10-,16-15-,19-18-. The molecule has 0 aliphatic heterocycles. The third kappa shape index (κ3) is 45.6. The number of unbranched alkanes of at least 4 members (excludes halogenated alkanes) is 27. The summed E-state index contributed by atoms with van der Waals surface area (Å²) in [5.41, 5.74) is 5.35. The van der Waals surface area contributed by atoms with Crippen LogP contribution >= 0.6 is 7.82 Å². The summed E-state index contributed by atoms with van der Waals surface area (Å²) in [4.78, 5) is 34.9. The molecule has 0 spiro atoms. The van der Waals surface area contributed by atoms with Gasteiger partial charge in [-0.25, -0.2) is 4.57 Å². The van der Waals surface area contributed by atoms with Crippen molar-refractivity contribution in [3.05, 3.63) is 36.5 Å². The summed E-state index contributed by atoms with van der Waals surface area (Å²) in [5.74, 6) is -0.834. The maximum atomic E-state index is 12.6. The van der Waals surface area contributed by atoms with Gasteiger partial charge in [-0.2, -0.15) is 0 Å². The zero-order valence-corrected chi connectivity index (χ0v) is 39.1. The van der Waals surface area contributed by atoms with Crippen molar-refractivity contribution >= 4 is 19.8 Å². The number of hydrogen-bond donors (Lipinski definition) is 2. The van der Waals surface area contributed by atoms with Crippen LogP contribution in [0.1, 0.15) is 232 Å². The largest absolute Gasteiger partial charge is 0.472 e. The van der Waals surface area contributed by atoms with E-state index in [1.165, 1.54) is 128 Å². The van der Waals surface area contributed by atoms with E-state index < -0.39 is 26.5 Å². The van der Waals surface area contributed by atoms with Crippen LogP contribution in [0.3, 0.4) is 0 Å². The van der Waals surface area contributed by atoms with Crippen LogP contribution in [0.25, 0.3) is 0 Å². The van der Waals surface area contributed by atoms with Crippen molar-refractivity contribution in [2.45, 2.75) is 238 Å². The highest BCUT2D eigenvalue weighted by atomic mass is 31.2. The van der Waals surface area contributed by atoms with Crippen molar-refractivity contribution in [2.24, 2.45) is 5.73 Å². The molecule has 2 atom stereocenters. The first-order chi connectivity index (χ1) is 28.8. The van der Waals surface area contributed by atoms with Gasteiger partial charge in [-0.3, -0.25) is 18.6 Å². The predicted molar refractivity (Wildman–Crippen MR) is 247 cm³/mol. The third-order valence-electron chi connectivity index (χ3n) is 10.5. The Morgan fingerprint density at radius 1 is 0.508 bits per heavy atom. The molecule has 0 aromatic rings. The minimum absolute atomic E-state index is 0.0528. The molecule has 0 aliphatic carbocycles. The van der Waals surface area contributed by atoms with Gasteiger partial charge in [-0.05, 0) is 64.2 Å². The molecule has 10 heteroatoms. The molecular weight excluding hydrogens is 762 g/mol. The van der Waals surface area contributed by atoms with Gasteiger partial charge in [-0.1, -0.05) is 192 Å². The predicted octanol–water partition coefficient (Wildman–Crippen LogP) is 14.5. The van der Waals surface area contributed by atoms with Crippen molar-refractivity contribution in [2.75, 3.05) is 26.4 Å². The molecule has 0 aliphatic rings. The molecule has 0 saturated carbocycles. The molecule has 0 rings (SSSR count). The van der Waals surface area contributed by atoms with E-state index in [-0.39, 0.29) is 38.6 Å². The molecule has 2 unspecified atom stereocenters. The number of phosphoric ester groups is 1. The summed E-state index contributed by atoms with van der Waals surface area (Å²) in [6.45, 7) is 3.69. The Bertz CT molecular complexity index is 1060. The molecule has 0 aromatic heterocycles. The van der Waals surface area contributed by atoms with E-state index in [1.807, 2.05) is 0 Å². The number of phosphoric acid groups is 1. The van der Waals surface area contributed by atoms with Gasteiger partial charge in [0, 0.05) is 19.4 Å². The molecule has 3 N–H and O–H groups in total. The lowest BCUT2D eigenvalue weighted by Crippen LogP contribution is -2.29. The van der Waals surface area contributed by atoms with Gasteiger partial charge >= 0.3 is 19.8 Å². The highest BCUT2D eigenvalue weighted by Crippen LogP contribution is 2.43. The molecule has 0 bridgehead atoms. The van der Waals surface area contributed by atoms with Crippen molar-refractivity contribution in [3.63, 3.8) is 0 Å². The number of ether oxygens (including phenoxy) is 2. The Hall–Kier alpha value is -1.77. The normalized spacial score (nSPS) is 13.5. The minimum atomic E-state index is -4.38. The second kappa shape index (κ2) is 45.7. The maximum absolute atomic E-state index is 12.6. The van der Waals surface area contributed by atoms with Gasteiger partial charge in [0.15, 0.2) is 6.10 Å². The molecule has 59 heavy (non-hydrogen) atoms. The smallest absolute Gasteiger partial charge is 0.462 e. The first-order valence-electron chi connectivity index (χ1n) is 24.5. The van der Waals surface area contributed by atoms with Gasteiger partial charge in [0.05, 0.1) is 13.2 Å². The van der Waals surface area contributed by atoms with E-state index in [4.69, 9.17) is 24.3 Å². The number of carbonyl (C=O) groups excluding carboxylic acids is 2. The monoisotopic (exact) mass is 854 g/mol. The average Bonchev–Trinajstić information content (AvgIpc) is 3.22. The van der Waals surface area contributed by atoms with Gasteiger partial charge in [0.1, 0.15) is 6.61 Å². The molecule has 346 valence electrons. The molecule has 0 fully saturated rings. The molecule has 0 aromatic carbocycles. The minimum Gasteiger partial charge on any atom is -0.462 e. The summed E-state index contributed by atoms with van der Waals surface area (Å²) in [6, 6.07) is 0. The van der Waals surface area contributed by atoms with E-state index in [0.29, 0.717) is 6.42 Å². The summed E-state index contributed by atoms with van der Waals surface area (Å²) in [7, 11) is -4.38. The van der Waals surface area contributed by atoms with Crippen LogP contribution in [0.2, 0.25) is 0 Å². The molecule has 0 saturated heterocycles. The summed E-state index contributed by atoms with van der Waals surface area (Å²) >= 11 is 0. The number of hydrogen-bond acceptors (Lipinski definition) is 8. The second-order valence-electron chi connectivity index (χ2n) is 16.3. The molecule has 9 nitrogen and oxygen atoms in total. The van der Waals surface area contributed by atoms with Crippen molar-refractivity contribution in [3.8, 4) is 0 Å². The molecule has 0 heterocycles. The van der Waals surface area contributed by atoms with Crippen LogP contribution in [0.4, 0.5) is 0 Å². The number of nitrogens with two attached hydrogens (primary N) is 1. The molecule has 0 radical (unpaired) electrons. The van der Waals surface area contributed by atoms with Gasteiger partial charge in [0.25, 0.3) is 0 Å². The Labute approximate surface area is 363 Å². The van der Waals surface area contributed by atoms with Crippen LogP contribution < -0.4 is 5.73 Å². The quantitative estimate of drug-likeness (QED) is 0.0265. The van der Waals surface area contributed by atoms with Crippen molar-refractivity contribution in [1.82, 2.24) is 0 Å². The number of rotatable bonds is 46. The lowest BCUT2D eigenvalue weighted by atomic mass is 10.0. The fourth-order valence-electron chi connectivity index (χ4n) is 6.82. The topological polar surface area (TPSA) is 134 Å². The Morgan fingerprint density at radius 3 is 1.36 bits per heavy atom. The lowest BCUT2D eigenvalue weighted by Gasteiger charge is -2.19.